The average Bonchev–Trinajstić information content (AvgIpc) is 3.20. The van der Waals surface area contributed by atoms with Gasteiger partial charge in [-0.05, 0) is 30.5 Å². The van der Waals surface area contributed by atoms with E-state index in [0.29, 0.717) is 24.1 Å². The first-order valence-corrected chi connectivity index (χ1v) is 6.68. The zero-order valence-electron chi connectivity index (χ0n) is 11.1. The molecular weight excluding hydrogens is 283 g/mol. The molecule has 4 nitrogen and oxygen atoms in total. The molecule has 0 saturated heterocycles. The first kappa shape index (κ1) is 14.1. The predicted octanol–water partition coefficient (Wildman–Crippen LogP) is 2.71. The van der Waals surface area contributed by atoms with E-state index in [9.17, 15) is 18.3 Å². The van der Waals surface area contributed by atoms with Gasteiger partial charge in [0.05, 0.1) is 5.56 Å². The molecule has 1 fully saturated rings. The molecule has 0 spiro atoms. The number of rotatable bonds is 4. The Bertz CT molecular complexity index is 630. The van der Waals surface area contributed by atoms with E-state index in [1.807, 2.05) is 4.57 Å². The fraction of sp³-hybridized carbons (Fsp3) is 0.429. The molecule has 0 unspecified atom stereocenters. The summed E-state index contributed by atoms with van der Waals surface area (Å²) in [5.41, 5.74) is 0.0766. The highest BCUT2D eigenvalue weighted by atomic mass is 19.4. The topological polar surface area (TPSA) is 50.9 Å². The molecule has 1 N–H and O–H groups in total. The molecule has 1 aliphatic carbocycles. The summed E-state index contributed by atoms with van der Waals surface area (Å²) < 4.78 is 39.5. The van der Waals surface area contributed by atoms with Crippen LogP contribution in [0.15, 0.2) is 24.3 Å². The summed E-state index contributed by atoms with van der Waals surface area (Å²) in [5.74, 6) is 1.20. The zero-order chi connectivity index (χ0) is 15.0. The Morgan fingerprint density at radius 2 is 1.71 bits per heavy atom. The zero-order valence-corrected chi connectivity index (χ0v) is 11.1. The van der Waals surface area contributed by atoms with Crippen LogP contribution in [0.25, 0.3) is 0 Å². The molecule has 1 heterocycles. The van der Waals surface area contributed by atoms with E-state index in [1.165, 1.54) is 12.1 Å². The van der Waals surface area contributed by atoms with Crippen molar-refractivity contribution >= 4 is 0 Å². The number of aromatic nitrogens is 3. The van der Waals surface area contributed by atoms with Gasteiger partial charge < -0.3 is 9.67 Å². The largest absolute Gasteiger partial charge is 0.416 e. The van der Waals surface area contributed by atoms with Crippen molar-refractivity contribution in [3.05, 3.63) is 47.0 Å². The molecule has 1 aromatic heterocycles. The summed E-state index contributed by atoms with van der Waals surface area (Å²) in [7, 11) is 0. The van der Waals surface area contributed by atoms with E-state index >= 15 is 0 Å². The quantitative estimate of drug-likeness (QED) is 0.944. The van der Waals surface area contributed by atoms with Crippen molar-refractivity contribution in [2.45, 2.75) is 38.1 Å². The number of hydrogen-bond donors (Lipinski definition) is 1. The number of hydrogen-bond acceptors (Lipinski definition) is 3. The highest BCUT2D eigenvalue weighted by Crippen LogP contribution is 2.37. The summed E-state index contributed by atoms with van der Waals surface area (Å²) in [4.78, 5) is 0. The van der Waals surface area contributed by atoms with Gasteiger partial charge in [0.1, 0.15) is 12.4 Å². The van der Waals surface area contributed by atoms with Crippen LogP contribution < -0.4 is 0 Å². The number of benzene rings is 1. The van der Waals surface area contributed by atoms with Crippen molar-refractivity contribution in [1.29, 1.82) is 0 Å². The van der Waals surface area contributed by atoms with E-state index in [0.717, 1.165) is 30.5 Å². The van der Waals surface area contributed by atoms with Gasteiger partial charge in [0.15, 0.2) is 5.82 Å². The minimum Gasteiger partial charge on any atom is -0.388 e. The minimum absolute atomic E-state index is 0.184. The summed E-state index contributed by atoms with van der Waals surface area (Å²) in [6.07, 6.45) is -1.88. The van der Waals surface area contributed by atoms with Crippen molar-refractivity contribution in [3.8, 4) is 0 Å². The van der Waals surface area contributed by atoms with Crippen molar-refractivity contribution in [1.82, 2.24) is 14.8 Å². The Kier molecular flexibility index (Phi) is 3.44. The molecular formula is C14H14F3N3O. The number of halogens is 3. The Hall–Kier alpha value is -1.89. The van der Waals surface area contributed by atoms with Gasteiger partial charge in [-0.2, -0.15) is 13.2 Å². The molecule has 1 saturated carbocycles. The van der Waals surface area contributed by atoms with Crippen LogP contribution in [0.5, 0.6) is 0 Å². The van der Waals surface area contributed by atoms with Gasteiger partial charge in [0.2, 0.25) is 0 Å². The lowest BCUT2D eigenvalue weighted by atomic mass is 10.1. The van der Waals surface area contributed by atoms with E-state index in [-0.39, 0.29) is 6.61 Å². The van der Waals surface area contributed by atoms with E-state index in [4.69, 9.17) is 0 Å². The van der Waals surface area contributed by atoms with Gasteiger partial charge in [-0.15, -0.1) is 10.2 Å². The number of nitrogens with zero attached hydrogens (tertiary/aromatic N) is 3. The van der Waals surface area contributed by atoms with Gasteiger partial charge >= 0.3 is 6.18 Å². The molecule has 2 aromatic rings. The monoisotopic (exact) mass is 297 g/mol. The predicted molar refractivity (Wildman–Crippen MR) is 68.5 cm³/mol. The Labute approximate surface area is 119 Å². The molecule has 21 heavy (non-hydrogen) atoms. The molecule has 1 aromatic carbocycles. The summed E-state index contributed by atoms with van der Waals surface area (Å²) in [6, 6.07) is 5.35. The lowest BCUT2D eigenvalue weighted by molar-refractivity contribution is -0.137. The Morgan fingerprint density at radius 3 is 2.24 bits per heavy atom. The van der Waals surface area contributed by atoms with Crippen LogP contribution in [-0.2, 0) is 19.2 Å². The number of aliphatic hydroxyl groups is 1. The third-order valence-corrected chi connectivity index (χ3v) is 3.53. The maximum atomic E-state index is 12.5. The van der Waals surface area contributed by atoms with Gasteiger partial charge in [-0.25, -0.2) is 0 Å². The molecule has 0 radical (unpaired) electrons. The Morgan fingerprint density at radius 1 is 1.10 bits per heavy atom. The third kappa shape index (κ3) is 2.92. The fourth-order valence-corrected chi connectivity index (χ4v) is 2.34. The standard InChI is InChI=1S/C14H14F3N3O/c15-14(16,17)10-3-1-9(2-4-10)7-12-18-19-13(8-21)20(12)11-5-6-11/h1-4,11,21H,5-8H2. The molecule has 0 amide bonds. The molecule has 3 rings (SSSR count). The second kappa shape index (κ2) is 5.14. The van der Waals surface area contributed by atoms with E-state index in [2.05, 4.69) is 10.2 Å². The SMILES string of the molecule is OCc1nnc(Cc2ccc(C(F)(F)F)cc2)n1C1CC1. The van der Waals surface area contributed by atoms with Crippen molar-refractivity contribution in [2.24, 2.45) is 0 Å². The van der Waals surface area contributed by atoms with Crippen LogP contribution in [0, 0.1) is 0 Å². The first-order chi connectivity index (χ1) is 9.99. The van der Waals surface area contributed by atoms with Crippen LogP contribution >= 0.6 is 0 Å². The molecule has 0 atom stereocenters. The third-order valence-electron chi connectivity index (χ3n) is 3.53. The summed E-state index contributed by atoms with van der Waals surface area (Å²) in [6.45, 7) is -0.184. The van der Waals surface area contributed by atoms with Gasteiger partial charge in [-0.1, -0.05) is 12.1 Å². The summed E-state index contributed by atoms with van der Waals surface area (Å²) in [5, 5.41) is 17.2. The average molecular weight is 297 g/mol. The van der Waals surface area contributed by atoms with Crippen LogP contribution in [0.2, 0.25) is 0 Å². The Balaban J connectivity index is 1.82. The van der Waals surface area contributed by atoms with Crippen LogP contribution in [0.1, 0.15) is 41.7 Å². The number of aliphatic hydroxyl groups excluding tert-OH is 1. The van der Waals surface area contributed by atoms with Crippen molar-refractivity contribution in [3.63, 3.8) is 0 Å². The van der Waals surface area contributed by atoms with E-state index in [1.54, 1.807) is 0 Å². The minimum atomic E-state index is -4.32. The molecule has 112 valence electrons. The highest BCUT2D eigenvalue weighted by Gasteiger charge is 2.31. The second-order valence-electron chi connectivity index (χ2n) is 5.16. The van der Waals surface area contributed by atoms with E-state index < -0.39 is 11.7 Å². The maximum absolute atomic E-state index is 12.5. The maximum Gasteiger partial charge on any atom is 0.416 e. The normalized spacial score (nSPS) is 15.4. The summed E-state index contributed by atoms with van der Waals surface area (Å²) >= 11 is 0. The lowest BCUT2D eigenvalue weighted by Crippen LogP contribution is -2.07. The van der Waals surface area contributed by atoms with Gasteiger partial charge in [0, 0.05) is 12.5 Å². The smallest absolute Gasteiger partial charge is 0.388 e. The van der Waals surface area contributed by atoms with Gasteiger partial charge in [0.25, 0.3) is 0 Å². The first-order valence-electron chi connectivity index (χ1n) is 6.68. The molecule has 0 aliphatic heterocycles. The molecule has 0 bridgehead atoms. The number of alkyl halides is 3. The van der Waals surface area contributed by atoms with Crippen molar-refractivity contribution in [2.75, 3.05) is 0 Å². The van der Waals surface area contributed by atoms with Crippen LogP contribution in [0.3, 0.4) is 0 Å². The lowest BCUT2D eigenvalue weighted by Gasteiger charge is -2.09. The fourth-order valence-electron chi connectivity index (χ4n) is 2.34. The highest BCUT2D eigenvalue weighted by molar-refractivity contribution is 5.27. The van der Waals surface area contributed by atoms with Crippen LogP contribution in [-0.4, -0.2) is 19.9 Å². The van der Waals surface area contributed by atoms with Crippen molar-refractivity contribution < 1.29 is 18.3 Å². The molecule has 1 aliphatic rings. The van der Waals surface area contributed by atoms with Gasteiger partial charge in [-0.3, -0.25) is 0 Å². The van der Waals surface area contributed by atoms with Crippen LogP contribution in [0.4, 0.5) is 13.2 Å². The second-order valence-corrected chi connectivity index (χ2v) is 5.16. The molecule has 7 heteroatoms.